The van der Waals surface area contributed by atoms with Gasteiger partial charge in [0.2, 0.25) is 0 Å². The number of rotatable bonds is 6. The van der Waals surface area contributed by atoms with Crippen LogP contribution < -0.4 is 5.32 Å². The first-order chi connectivity index (χ1) is 15.6. The van der Waals surface area contributed by atoms with E-state index >= 15 is 0 Å². The molecule has 2 heterocycles. The molecule has 0 unspecified atom stereocenters. The number of benzene rings is 2. The van der Waals surface area contributed by atoms with Crippen LogP contribution in [0.5, 0.6) is 0 Å². The number of aliphatic hydroxyl groups is 1. The van der Waals surface area contributed by atoms with Crippen LogP contribution in [-0.2, 0) is 13.2 Å². The van der Waals surface area contributed by atoms with Gasteiger partial charge in [-0.05, 0) is 68.1 Å². The van der Waals surface area contributed by atoms with Crippen molar-refractivity contribution in [1.82, 2.24) is 19.7 Å². The first kappa shape index (κ1) is 21.5. The van der Waals surface area contributed by atoms with Crippen molar-refractivity contribution in [3.63, 3.8) is 0 Å². The minimum Gasteiger partial charge on any atom is -0.390 e. The molecule has 5 rings (SSSR count). The van der Waals surface area contributed by atoms with Gasteiger partial charge in [-0.15, -0.1) is 0 Å². The molecule has 33 heavy (non-hydrogen) atoms. The molecule has 2 aromatic carbocycles. The highest BCUT2D eigenvalue weighted by atomic mass is 19.4. The van der Waals surface area contributed by atoms with Crippen molar-refractivity contribution >= 4 is 27.8 Å². The van der Waals surface area contributed by atoms with E-state index in [1.165, 1.54) is 12.1 Å². The summed E-state index contributed by atoms with van der Waals surface area (Å²) in [5.41, 5.74) is 1.15. The summed E-state index contributed by atoms with van der Waals surface area (Å²) in [5.74, 6) is -0.209. The number of carbonyl (C=O) groups is 1. The van der Waals surface area contributed by atoms with Crippen LogP contribution in [0, 0.1) is 0 Å². The average Bonchev–Trinajstić information content (AvgIpc) is 3.27. The second-order valence-electron chi connectivity index (χ2n) is 8.74. The molecule has 9 heteroatoms. The van der Waals surface area contributed by atoms with Crippen LogP contribution in [0.2, 0.25) is 0 Å². The van der Waals surface area contributed by atoms with Gasteiger partial charge in [-0.2, -0.15) is 18.3 Å². The molecule has 1 aliphatic carbocycles. The molecule has 6 nitrogen and oxygen atoms in total. The van der Waals surface area contributed by atoms with Gasteiger partial charge in [-0.3, -0.25) is 14.0 Å². The maximum Gasteiger partial charge on any atom is 0.416 e. The highest BCUT2D eigenvalue weighted by molar-refractivity contribution is 6.10. The Bertz CT molecular complexity index is 1350. The van der Waals surface area contributed by atoms with Crippen LogP contribution in [0.25, 0.3) is 27.6 Å². The quantitative estimate of drug-likeness (QED) is 0.418. The molecule has 1 saturated carbocycles. The lowest BCUT2D eigenvalue weighted by atomic mass is 10.1. The summed E-state index contributed by atoms with van der Waals surface area (Å²) in [6.45, 7) is 0.480. The summed E-state index contributed by atoms with van der Waals surface area (Å²) in [6.07, 6.45) is 0.468. The number of nitrogens with zero attached hydrogens (tertiary/aromatic N) is 3. The lowest BCUT2D eigenvalue weighted by Crippen LogP contribution is -2.25. The normalized spacial score (nSPS) is 15.3. The second-order valence-corrected chi connectivity index (χ2v) is 8.74. The topological polar surface area (TPSA) is 72.1 Å². The van der Waals surface area contributed by atoms with Crippen molar-refractivity contribution in [2.24, 2.45) is 7.05 Å². The zero-order valence-corrected chi connectivity index (χ0v) is 18.0. The van der Waals surface area contributed by atoms with E-state index in [1.807, 2.05) is 6.20 Å². The maximum absolute atomic E-state index is 13.0. The third-order valence-corrected chi connectivity index (χ3v) is 6.20. The van der Waals surface area contributed by atoms with Gasteiger partial charge in [0.15, 0.2) is 5.65 Å². The van der Waals surface area contributed by atoms with E-state index in [0.29, 0.717) is 36.3 Å². The molecule has 0 aliphatic heterocycles. The number of aryl methyl sites for hydroxylation is 1. The zero-order chi connectivity index (χ0) is 23.4. The fourth-order valence-electron chi connectivity index (χ4n) is 4.21. The first-order valence-electron chi connectivity index (χ1n) is 10.8. The Morgan fingerprint density at radius 3 is 2.55 bits per heavy atom. The van der Waals surface area contributed by atoms with Gasteiger partial charge in [-0.25, -0.2) is 0 Å². The Morgan fingerprint density at radius 1 is 1.15 bits per heavy atom. The van der Waals surface area contributed by atoms with Crippen molar-refractivity contribution in [3.8, 4) is 5.69 Å². The number of alkyl halides is 3. The van der Waals surface area contributed by atoms with Crippen molar-refractivity contribution in [3.05, 3.63) is 59.8 Å². The number of halogens is 3. The number of hydrogen-bond donors (Lipinski definition) is 2. The van der Waals surface area contributed by atoms with E-state index in [2.05, 4.69) is 10.4 Å². The Labute approximate surface area is 187 Å². The molecule has 4 aromatic rings. The fourth-order valence-corrected chi connectivity index (χ4v) is 4.21. The van der Waals surface area contributed by atoms with E-state index < -0.39 is 17.3 Å². The molecule has 172 valence electrons. The molecule has 0 atom stereocenters. The van der Waals surface area contributed by atoms with Crippen molar-refractivity contribution in [2.45, 2.75) is 37.5 Å². The Hall–Kier alpha value is -3.33. The lowest BCUT2D eigenvalue weighted by molar-refractivity contribution is -0.137. The monoisotopic (exact) mass is 456 g/mol. The number of aromatic nitrogens is 3. The van der Waals surface area contributed by atoms with Gasteiger partial charge < -0.3 is 10.4 Å². The minimum absolute atomic E-state index is 0.209. The van der Waals surface area contributed by atoms with Crippen LogP contribution in [0.1, 0.15) is 41.6 Å². The highest BCUT2D eigenvalue weighted by Gasteiger charge is 2.39. The third kappa shape index (κ3) is 4.08. The number of nitrogens with one attached hydrogen (secondary N) is 1. The molecule has 2 aromatic heterocycles. The van der Waals surface area contributed by atoms with E-state index in [9.17, 15) is 23.1 Å². The van der Waals surface area contributed by atoms with Gasteiger partial charge >= 0.3 is 6.18 Å². The van der Waals surface area contributed by atoms with Gasteiger partial charge in [0, 0.05) is 41.8 Å². The smallest absolute Gasteiger partial charge is 0.390 e. The van der Waals surface area contributed by atoms with Gasteiger partial charge in [0.05, 0.1) is 16.7 Å². The van der Waals surface area contributed by atoms with Gasteiger partial charge in [-0.1, -0.05) is 0 Å². The van der Waals surface area contributed by atoms with Gasteiger partial charge in [0.1, 0.15) is 0 Å². The van der Waals surface area contributed by atoms with Crippen LogP contribution in [0.15, 0.2) is 48.7 Å². The van der Waals surface area contributed by atoms with E-state index in [1.54, 1.807) is 34.5 Å². The molecule has 0 bridgehead atoms. The van der Waals surface area contributed by atoms with Crippen molar-refractivity contribution < 1.29 is 23.1 Å². The Balaban J connectivity index is 1.47. The maximum atomic E-state index is 13.0. The highest BCUT2D eigenvalue weighted by Crippen LogP contribution is 2.39. The SMILES string of the molecule is Cn1cc2c3cc(C(=O)NCCCC4(O)CC4)ccc3n(-c3ccc(C(F)(F)F)cc3)c2n1. The van der Waals surface area contributed by atoms with E-state index in [0.717, 1.165) is 41.3 Å². The summed E-state index contributed by atoms with van der Waals surface area (Å²) in [4.78, 5) is 12.7. The van der Waals surface area contributed by atoms with Crippen LogP contribution >= 0.6 is 0 Å². The van der Waals surface area contributed by atoms with Crippen molar-refractivity contribution in [1.29, 1.82) is 0 Å². The third-order valence-electron chi connectivity index (χ3n) is 6.20. The zero-order valence-electron chi connectivity index (χ0n) is 18.0. The molecule has 1 fully saturated rings. The Kier molecular flexibility index (Phi) is 4.97. The summed E-state index contributed by atoms with van der Waals surface area (Å²) >= 11 is 0. The molecule has 1 amide bonds. The molecular formula is C24H23F3N4O2. The van der Waals surface area contributed by atoms with Crippen LogP contribution in [-0.4, -0.2) is 37.5 Å². The van der Waals surface area contributed by atoms with Crippen LogP contribution in [0.4, 0.5) is 13.2 Å². The predicted molar refractivity (Wildman–Crippen MR) is 118 cm³/mol. The average molecular weight is 456 g/mol. The predicted octanol–water partition coefficient (Wildman–Crippen LogP) is 4.57. The molecule has 0 spiro atoms. The van der Waals surface area contributed by atoms with Gasteiger partial charge in [0.25, 0.3) is 5.91 Å². The molecular weight excluding hydrogens is 433 g/mol. The second kappa shape index (κ2) is 7.62. The number of carbonyl (C=O) groups excluding carboxylic acids is 1. The number of hydrogen-bond acceptors (Lipinski definition) is 3. The fraction of sp³-hybridized carbons (Fsp3) is 0.333. The molecule has 1 aliphatic rings. The van der Waals surface area contributed by atoms with Crippen LogP contribution in [0.3, 0.4) is 0 Å². The number of fused-ring (bicyclic) bond motifs is 3. The largest absolute Gasteiger partial charge is 0.416 e. The molecule has 0 saturated heterocycles. The molecule has 2 N–H and O–H groups in total. The number of amides is 1. The van der Waals surface area contributed by atoms with E-state index in [-0.39, 0.29) is 5.91 Å². The van der Waals surface area contributed by atoms with E-state index in [4.69, 9.17) is 0 Å². The molecule has 0 radical (unpaired) electrons. The van der Waals surface area contributed by atoms with Crippen molar-refractivity contribution in [2.75, 3.05) is 6.54 Å². The standard InChI is InChI=1S/C24H23F3N4O2/c1-30-14-19-18-13-15(22(32)28-12-2-9-23(33)10-11-23)3-8-20(18)31(21(19)29-30)17-6-4-16(5-7-17)24(25,26)27/h3-8,13-14,33H,2,9-12H2,1H3,(H,28,32). The summed E-state index contributed by atoms with van der Waals surface area (Å²) in [5, 5.41) is 18.9. The summed E-state index contributed by atoms with van der Waals surface area (Å²) in [7, 11) is 1.77. The summed E-state index contributed by atoms with van der Waals surface area (Å²) in [6, 6.07) is 10.2. The minimum atomic E-state index is -4.41. The first-order valence-corrected chi connectivity index (χ1v) is 10.8. The lowest BCUT2D eigenvalue weighted by Gasteiger charge is -2.11. The Morgan fingerprint density at radius 2 is 1.88 bits per heavy atom. The summed E-state index contributed by atoms with van der Waals surface area (Å²) < 4.78 is 42.4.